The molecular formula is C28H23F4N5O2. The Hall–Kier alpha value is -4.09. The van der Waals surface area contributed by atoms with Crippen molar-refractivity contribution in [3.8, 4) is 34.0 Å². The van der Waals surface area contributed by atoms with E-state index in [1.807, 2.05) is 6.07 Å². The summed E-state index contributed by atoms with van der Waals surface area (Å²) in [6.07, 6.45) is -2.08. The van der Waals surface area contributed by atoms with Gasteiger partial charge < -0.3 is 19.0 Å². The van der Waals surface area contributed by atoms with Crippen LogP contribution in [0.4, 0.5) is 17.6 Å². The molecule has 200 valence electrons. The third-order valence-corrected chi connectivity index (χ3v) is 6.70. The van der Waals surface area contributed by atoms with Crippen LogP contribution in [-0.2, 0) is 24.5 Å². The largest absolute Gasteiger partial charge is 0.435 e. The van der Waals surface area contributed by atoms with E-state index >= 15 is 0 Å². The fraction of sp³-hybridized carbons (Fsp3) is 0.250. The first kappa shape index (κ1) is 25.2. The van der Waals surface area contributed by atoms with Crippen LogP contribution in [0.5, 0.6) is 0 Å². The number of fused-ring (bicyclic) bond motifs is 1. The molecule has 3 aromatic carbocycles. The van der Waals surface area contributed by atoms with Crippen molar-refractivity contribution in [2.45, 2.75) is 25.2 Å². The van der Waals surface area contributed by atoms with Crippen molar-refractivity contribution in [2.75, 3.05) is 13.2 Å². The highest BCUT2D eigenvalue weighted by Crippen LogP contribution is 2.39. The van der Waals surface area contributed by atoms with Gasteiger partial charge in [0.2, 0.25) is 5.89 Å². The zero-order valence-corrected chi connectivity index (χ0v) is 20.8. The number of nitrogens with zero attached hydrogens (tertiary/aromatic N) is 4. The summed E-state index contributed by atoms with van der Waals surface area (Å²) in [4.78, 5) is 4.42. The lowest BCUT2D eigenvalue weighted by atomic mass is 9.97. The van der Waals surface area contributed by atoms with Gasteiger partial charge >= 0.3 is 6.18 Å². The summed E-state index contributed by atoms with van der Waals surface area (Å²) >= 11 is 0. The highest BCUT2D eigenvalue weighted by atomic mass is 19.4. The second-order valence-electron chi connectivity index (χ2n) is 9.46. The molecule has 1 N–H and O–H groups in total. The van der Waals surface area contributed by atoms with Gasteiger partial charge in [0.05, 0.1) is 6.10 Å². The molecule has 1 aliphatic heterocycles. The standard InChI is InChI=1S/C28H23F4N5O2/c1-37-15-34-36-26(37)22-12-19(29)5-6-21(22)17-3-2-4-18(11-17)27-35-24-10-16(13-33-14-20-7-8-38-20)9-23(25(24)39-27)28(30,31)32/h2-6,9-12,15,20,33H,7-8,13-14H2,1H3. The smallest absolute Gasteiger partial charge is 0.420 e. The molecule has 6 rings (SSSR count). The Balaban J connectivity index is 1.38. The highest BCUT2D eigenvalue weighted by molar-refractivity contribution is 5.84. The van der Waals surface area contributed by atoms with Crippen LogP contribution < -0.4 is 5.32 Å². The van der Waals surface area contributed by atoms with Crippen LogP contribution in [0.25, 0.3) is 45.1 Å². The van der Waals surface area contributed by atoms with E-state index in [0.717, 1.165) is 12.5 Å². The van der Waals surface area contributed by atoms with Crippen LogP contribution in [0.1, 0.15) is 17.5 Å². The van der Waals surface area contributed by atoms with Gasteiger partial charge in [0.1, 0.15) is 23.2 Å². The molecule has 0 aliphatic carbocycles. The molecule has 11 heteroatoms. The number of hydrogen-bond donors (Lipinski definition) is 1. The van der Waals surface area contributed by atoms with Crippen molar-refractivity contribution < 1.29 is 26.7 Å². The molecule has 2 aromatic heterocycles. The SMILES string of the molecule is Cn1cnnc1-c1cc(F)ccc1-c1cccc(-c2nc3cc(CNCC4CCO4)cc(C(F)(F)F)c3o2)c1. The molecule has 0 spiro atoms. The van der Waals surface area contributed by atoms with Crippen molar-refractivity contribution in [1.29, 1.82) is 0 Å². The van der Waals surface area contributed by atoms with Gasteiger partial charge in [-0.3, -0.25) is 0 Å². The van der Waals surface area contributed by atoms with Gasteiger partial charge in [-0.2, -0.15) is 13.2 Å². The van der Waals surface area contributed by atoms with E-state index in [1.165, 1.54) is 18.5 Å². The summed E-state index contributed by atoms with van der Waals surface area (Å²) in [6.45, 7) is 1.52. The average Bonchev–Trinajstić information content (AvgIpc) is 3.50. The quantitative estimate of drug-likeness (QED) is 0.257. The summed E-state index contributed by atoms with van der Waals surface area (Å²) in [6, 6.07) is 14.0. The van der Waals surface area contributed by atoms with E-state index in [0.29, 0.717) is 46.8 Å². The molecule has 1 atom stereocenters. The maximum atomic E-state index is 14.2. The van der Waals surface area contributed by atoms with Gasteiger partial charge in [-0.15, -0.1) is 10.2 Å². The van der Waals surface area contributed by atoms with E-state index in [1.54, 1.807) is 41.9 Å². The number of ether oxygens (including phenoxy) is 1. The molecule has 0 amide bonds. The first-order valence-electron chi connectivity index (χ1n) is 12.3. The van der Waals surface area contributed by atoms with E-state index in [2.05, 4.69) is 20.5 Å². The number of nitrogens with one attached hydrogen (secondary N) is 1. The summed E-state index contributed by atoms with van der Waals surface area (Å²) in [7, 11) is 1.75. The van der Waals surface area contributed by atoms with Gasteiger partial charge in [0, 0.05) is 37.9 Å². The third kappa shape index (κ3) is 5.02. The number of rotatable bonds is 7. The van der Waals surface area contributed by atoms with E-state index in [9.17, 15) is 17.6 Å². The second kappa shape index (κ2) is 9.90. The molecular weight excluding hydrogens is 514 g/mol. The van der Waals surface area contributed by atoms with Gasteiger partial charge in [0.15, 0.2) is 11.4 Å². The Labute approximate surface area is 220 Å². The summed E-state index contributed by atoms with van der Waals surface area (Å²) in [5.74, 6) is 0.0845. The number of halogens is 4. The minimum Gasteiger partial charge on any atom is -0.435 e. The lowest BCUT2D eigenvalue weighted by Gasteiger charge is -2.26. The van der Waals surface area contributed by atoms with E-state index in [-0.39, 0.29) is 29.6 Å². The fourth-order valence-electron chi connectivity index (χ4n) is 4.65. The van der Waals surface area contributed by atoms with Crippen LogP contribution in [0, 0.1) is 5.82 Å². The topological polar surface area (TPSA) is 78.0 Å². The molecule has 3 heterocycles. The number of aromatic nitrogens is 4. The molecule has 39 heavy (non-hydrogen) atoms. The van der Waals surface area contributed by atoms with Crippen molar-refractivity contribution in [2.24, 2.45) is 7.05 Å². The predicted molar refractivity (Wildman–Crippen MR) is 136 cm³/mol. The number of hydrogen-bond acceptors (Lipinski definition) is 6. The minimum absolute atomic E-state index is 0.0487. The van der Waals surface area contributed by atoms with Crippen molar-refractivity contribution in [3.63, 3.8) is 0 Å². The molecule has 1 saturated heterocycles. The zero-order chi connectivity index (χ0) is 27.1. The van der Waals surface area contributed by atoms with Crippen molar-refractivity contribution in [3.05, 3.63) is 77.9 Å². The summed E-state index contributed by atoms with van der Waals surface area (Å²) < 4.78 is 68.9. The average molecular weight is 538 g/mol. The molecule has 7 nitrogen and oxygen atoms in total. The third-order valence-electron chi connectivity index (χ3n) is 6.70. The van der Waals surface area contributed by atoms with E-state index < -0.39 is 17.6 Å². The van der Waals surface area contributed by atoms with Gasteiger partial charge in [0.25, 0.3) is 0 Å². The fourth-order valence-corrected chi connectivity index (χ4v) is 4.65. The maximum Gasteiger partial charge on any atom is 0.420 e. The van der Waals surface area contributed by atoms with Crippen LogP contribution in [0.2, 0.25) is 0 Å². The van der Waals surface area contributed by atoms with Crippen molar-refractivity contribution >= 4 is 11.1 Å². The molecule has 0 saturated carbocycles. The Morgan fingerprint density at radius 1 is 1.05 bits per heavy atom. The first-order chi connectivity index (χ1) is 18.8. The van der Waals surface area contributed by atoms with Gasteiger partial charge in [-0.1, -0.05) is 18.2 Å². The summed E-state index contributed by atoms with van der Waals surface area (Å²) in [5.41, 5.74) is 1.72. The number of alkyl halides is 3. The maximum absolute atomic E-state index is 14.2. The Bertz CT molecular complexity index is 1660. The van der Waals surface area contributed by atoms with Crippen LogP contribution in [-0.4, -0.2) is 39.0 Å². The number of oxazole rings is 1. The van der Waals surface area contributed by atoms with Crippen LogP contribution >= 0.6 is 0 Å². The molecule has 0 bridgehead atoms. The normalized spacial score (nSPS) is 15.6. The molecule has 0 radical (unpaired) electrons. The predicted octanol–water partition coefficient (Wildman–Crippen LogP) is 5.99. The van der Waals surface area contributed by atoms with Gasteiger partial charge in [-0.05, 0) is 59.5 Å². The second-order valence-corrected chi connectivity index (χ2v) is 9.46. The minimum atomic E-state index is -4.62. The Morgan fingerprint density at radius 3 is 2.59 bits per heavy atom. The molecule has 1 unspecified atom stereocenters. The first-order valence-corrected chi connectivity index (χ1v) is 12.3. The van der Waals surface area contributed by atoms with Crippen LogP contribution in [0.3, 0.4) is 0 Å². The van der Waals surface area contributed by atoms with E-state index in [4.69, 9.17) is 9.15 Å². The van der Waals surface area contributed by atoms with Gasteiger partial charge in [-0.25, -0.2) is 9.37 Å². The zero-order valence-electron chi connectivity index (χ0n) is 20.8. The monoisotopic (exact) mass is 537 g/mol. The number of aryl methyl sites for hydroxylation is 1. The Kier molecular flexibility index (Phi) is 6.40. The lowest BCUT2D eigenvalue weighted by Crippen LogP contribution is -2.36. The number of benzene rings is 3. The summed E-state index contributed by atoms with van der Waals surface area (Å²) in [5, 5.41) is 11.1. The molecule has 1 fully saturated rings. The van der Waals surface area contributed by atoms with Crippen LogP contribution in [0.15, 0.2) is 65.3 Å². The van der Waals surface area contributed by atoms with Crippen molar-refractivity contribution in [1.82, 2.24) is 25.1 Å². The molecule has 1 aliphatic rings. The highest BCUT2D eigenvalue weighted by Gasteiger charge is 2.35. The molecule has 5 aromatic rings. The lowest BCUT2D eigenvalue weighted by molar-refractivity contribution is -0.136. The Morgan fingerprint density at radius 2 is 1.87 bits per heavy atom.